The summed E-state index contributed by atoms with van der Waals surface area (Å²) in [6.45, 7) is 0. The molecular weight excluding hydrogens is 172 g/mol. The van der Waals surface area contributed by atoms with Gasteiger partial charge in [0.1, 0.15) is 6.33 Å². The first kappa shape index (κ1) is 7.24. The first-order chi connectivity index (χ1) is 5.88. The van der Waals surface area contributed by atoms with Gasteiger partial charge in [-0.1, -0.05) is 0 Å². The molecule has 0 aromatic carbocycles. The summed E-state index contributed by atoms with van der Waals surface area (Å²) in [6.07, 6.45) is 3.01. The fourth-order valence-electron chi connectivity index (χ4n) is 0.937. The molecule has 60 valence electrons. The van der Waals surface area contributed by atoms with Gasteiger partial charge in [0, 0.05) is 17.6 Å². The predicted octanol–water partition coefficient (Wildman–Crippen LogP) is 1.29. The molecule has 0 aliphatic rings. The molecular formula is C8H6N2OS. The Morgan fingerprint density at radius 3 is 3.00 bits per heavy atom. The van der Waals surface area contributed by atoms with E-state index < -0.39 is 0 Å². The van der Waals surface area contributed by atoms with Crippen molar-refractivity contribution < 1.29 is 0 Å². The Balaban J connectivity index is 2.63. The Morgan fingerprint density at radius 1 is 1.42 bits per heavy atom. The number of aromatic nitrogens is 2. The summed E-state index contributed by atoms with van der Waals surface area (Å²) < 4.78 is 1.51. The zero-order valence-electron chi connectivity index (χ0n) is 6.18. The molecule has 4 heteroatoms. The van der Waals surface area contributed by atoms with Crippen LogP contribution in [-0.4, -0.2) is 9.55 Å². The Bertz CT molecular complexity index is 419. The van der Waals surface area contributed by atoms with Gasteiger partial charge >= 0.3 is 0 Å². The van der Waals surface area contributed by atoms with Crippen molar-refractivity contribution in [1.29, 1.82) is 0 Å². The number of hydrogen-bond acceptors (Lipinski definition) is 3. The molecule has 0 amide bonds. The van der Waals surface area contributed by atoms with E-state index in [1.165, 1.54) is 23.2 Å². The predicted molar refractivity (Wildman–Crippen MR) is 47.7 cm³/mol. The molecule has 0 saturated heterocycles. The largest absolute Gasteiger partial charge is 0.269 e. The minimum absolute atomic E-state index is 0.0524. The lowest BCUT2D eigenvalue weighted by molar-refractivity contribution is 0.940. The average Bonchev–Trinajstić information content (AvgIpc) is 2.57. The first-order valence-electron chi connectivity index (χ1n) is 3.43. The standard InChI is InChI=1S/C8H6N2OS/c11-8-1-3-9-6-10(8)7-2-4-12-5-7/h1-6H. The van der Waals surface area contributed by atoms with Crippen molar-refractivity contribution in [2.24, 2.45) is 0 Å². The molecule has 2 heterocycles. The summed E-state index contributed by atoms with van der Waals surface area (Å²) in [4.78, 5) is 15.1. The second-order valence-electron chi connectivity index (χ2n) is 2.27. The van der Waals surface area contributed by atoms with Gasteiger partial charge in [0.05, 0.1) is 5.69 Å². The lowest BCUT2D eigenvalue weighted by Crippen LogP contribution is -2.15. The van der Waals surface area contributed by atoms with Crippen LogP contribution < -0.4 is 5.56 Å². The molecule has 0 bridgehead atoms. The lowest BCUT2D eigenvalue weighted by Gasteiger charge is -1.98. The maximum atomic E-state index is 11.2. The highest BCUT2D eigenvalue weighted by Crippen LogP contribution is 2.08. The molecule has 0 N–H and O–H groups in total. The second kappa shape index (κ2) is 2.91. The van der Waals surface area contributed by atoms with E-state index in [-0.39, 0.29) is 5.56 Å². The molecule has 2 rings (SSSR count). The fraction of sp³-hybridized carbons (Fsp3) is 0. The monoisotopic (exact) mass is 178 g/mol. The van der Waals surface area contributed by atoms with E-state index in [0.717, 1.165) is 5.69 Å². The Labute approximate surface area is 72.9 Å². The lowest BCUT2D eigenvalue weighted by atomic mass is 10.5. The molecule has 0 saturated carbocycles. The number of rotatable bonds is 1. The van der Waals surface area contributed by atoms with Crippen molar-refractivity contribution in [3.05, 3.63) is 45.8 Å². The molecule has 12 heavy (non-hydrogen) atoms. The number of thiophene rings is 1. The van der Waals surface area contributed by atoms with Crippen LogP contribution in [0, 0.1) is 0 Å². The Hall–Kier alpha value is -1.42. The molecule has 0 fully saturated rings. The van der Waals surface area contributed by atoms with Gasteiger partial charge in [-0.05, 0) is 11.4 Å². The van der Waals surface area contributed by atoms with Gasteiger partial charge in [-0.25, -0.2) is 4.98 Å². The van der Waals surface area contributed by atoms with Crippen LogP contribution in [0.4, 0.5) is 0 Å². The van der Waals surface area contributed by atoms with Crippen molar-refractivity contribution in [3.63, 3.8) is 0 Å². The normalized spacial score (nSPS) is 10.0. The minimum atomic E-state index is -0.0524. The van der Waals surface area contributed by atoms with E-state index in [2.05, 4.69) is 4.98 Å². The van der Waals surface area contributed by atoms with Crippen molar-refractivity contribution in [2.45, 2.75) is 0 Å². The van der Waals surface area contributed by atoms with Gasteiger partial charge in [-0.3, -0.25) is 9.36 Å². The van der Waals surface area contributed by atoms with Crippen LogP contribution in [0.2, 0.25) is 0 Å². The molecule has 3 nitrogen and oxygen atoms in total. The molecule has 0 radical (unpaired) electrons. The van der Waals surface area contributed by atoms with E-state index in [0.29, 0.717) is 0 Å². The van der Waals surface area contributed by atoms with Gasteiger partial charge < -0.3 is 0 Å². The highest BCUT2D eigenvalue weighted by Gasteiger charge is 1.96. The van der Waals surface area contributed by atoms with Crippen LogP contribution >= 0.6 is 11.3 Å². The Kier molecular flexibility index (Phi) is 1.75. The van der Waals surface area contributed by atoms with E-state index in [9.17, 15) is 4.79 Å². The van der Waals surface area contributed by atoms with E-state index in [4.69, 9.17) is 0 Å². The highest BCUT2D eigenvalue weighted by molar-refractivity contribution is 7.08. The van der Waals surface area contributed by atoms with Crippen molar-refractivity contribution in [2.75, 3.05) is 0 Å². The number of hydrogen-bond donors (Lipinski definition) is 0. The quantitative estimate of drug-likeness (QED) is 0.659. The third-order valence-electron chi connectivity index (χ3n) is 1.51. The van der Waals surface area contributed by atoms with Crippen molar-refractivity contribution >= 4 is 11.3 Å². The maximum Gasteiger partial charge on any atom is 0.257 e. The topological polar surface area (TPSA) is 34.9 Å². The van der Waals surface area contributed by atoms with E-state index in [1.807, 2.05) is 16.8 Å². The third kappa shape index (κ3) is 1.16. The van der Waals surface area contributed by atoms with Gasteiger partial charge in [0.25, 0.3) is 5.56 Å². The summed E-state index contributed by atoms with van der Waals surface area (Å²) >= 11 is 1.56. The zero-order valence-corrected chi connectivity index (χ0v) is 6.99. The number of nitrogens with zero attached hydrogens (tertiary/aromatic N) is 2. The molecule has 0 spiro atoms. The SMILES string of the molecule is O=c1ccncn1-c1ccsc1. The van der Waals surface area contributed by atoms with Crippen LogP contribution in [-0.2, 0) is 0 Å². The van der Waals surface area contributed by atoms with Crippen molar-refractivity contribution in [1.82, 2.24) is 9.55 Å². The minimum Gasteiger partial charge on any atom is -0.269 e. The van der Waals surface area contributed by atoms with Crippen LogP contribution in [0.5, 0.6) is 0 Å². The molecule has 0 unspecified atom stereocenters. The van der Waals surface area contributed by atoms with Gasteiger partial charge in [0.15, 0.2) is 0 Å². The Morgan fingerprint density at radius 2 is 2.33 bits per heavy atom. The van der Waals surface area contributed by atoms with Crippen molar-refractivity contribution in [3.8, 4) is 5.69 Å². The zero-order chi connectivity index (χ0) is 8.39. The molecule has 2 aromatic rings. The van der Waals surface area contributed by atoms with Gasteiger partial charge in [0.2, 0.25) is 0 Å². The molecule has 2 aromatic heterocycles. The summed E-state index contributed by atoms with van der Waals surface area (Å²) in [6, 6.07) is 3.32. The van der Waals surface area contributed by atoms with Crippen LogP contribution in [0.15, 0.2) is 40.2 Å². The van der Waals surface area contributed by atoms with Gasteiger partial charge in [-0.2, -0.15) is 11.3 Å². The first-order valence-corrected chi connectivity index (χ1v) is 4.37. The summed E-state index contributed by atoms with van der Waals surface area (Å²) in [7, 11) is 0. The molecule has 0 atom stereocenters. The highest BCUT2D eigenvalue weighted by atomic mass is 32.1. The fourth-order valence-corrected chi connectivity index (χ4v) is 1.57. The second-order valence-corrected chi connectivity index (χ2v) is 3.05. The van der Waals surface area contributed by atoms with Gasteiger partial charge in [-0.15, -0.1) is 0 Å². The summed E-state index contributed by atoms with van der Waals surface area (Å²) in [5.41, 5.74) is 0.821. The summed E-state index contributed by atoms with van der Waals surface area (Å²) in [5.74, 6) is 0. The molecule has 0 aliphatic heterocycles. The average molecular weight is 178 g/mol. The smallest absolute Gasteiger partial charge is 0.257 e. The van der Waals surface area contributed by atoms with E-state index in [1.54, 1.807) is 11.3 Å². The maximum absolute atomic E-state index is 11.2. The van der Waals surface area contributed by atoms with Crippen LogP contribution in [0.3, 0.4) is 0 Å². The molecule has 0 aliphatic carbocycles. The van der Waals surface area contributed by atoms with Crippen LogP contribution in [0.1, 0.15) is 0 Å². The van der Waals surface area contributed by atoms with Crippen LogP contribution in [0.25, 0.3) is 5.69 Å². The van der Waals surface area contributed by atoms with E-state index >= 15 is 0 Å². The third-order valence-corrected chi connectivity index (χ3v) is 2.18. The summed E-state index contributed by atoms with van der Waals surface area (Å²) in [5, 5.41) is 3.83.